The summed E-state index contributed by atoms with van der Waals surface area (Å²) in [6, 6.07) is 2.62. The van der Waals surface area contributed by atoms with Crippen LogP contribution in [0.2, 0.25) is 0 Å². The van der Waals surface area contributed by atoms with Gasteiger partial charge in [-0.15, -0.1) is 6.42 Å². The molecule has 0 heterocycles. The average molecular weight is 512 g/mol. The second-order valence-electron chi connectivity index (χ2n) is 7.68. The Morgan fingerprint density at radius 1 is 0.972 bits per heavy atom. The fraction of sp³-hybridized carbons (Fsp3) is 0.640. The van der Waals surface area contributed by atoms with Gasteiger partial charge < -0.3 is 33.5 Å². The molecule has 1 N–H and O–H groups in total. The van der Waals surface area contributed by atoms with Crippen molar-refractivity contribution in [3.8, 4) is 23.8 Å². The predicted octanol–water partition coefficient (Wildman–Crippen LogP) is 2.86. The monoisotopic (exact) mass is 511 g/mol. The number of Topliss-reactive ketones (excluding diaryl/α,β-unsaturated/α-hetero) is 1. The van der Waals surface area contributed by atoms with Crippen LogP contribution in [0.15, 0.2) is 12.1 Å². The van der Waals surface area contributed by atoms with Gasteiger partial charge in [0.25, 0.3) is 5.69 Å². The fourth-order valence-electron chi connectivity index (χ4n) is 3.07. The highest BCUT2D eigenvalue weighted by molar-refractivity contribution is 5.78. The number of terminal acetylenes is 1. The fourth-order valence-corrected chi connectivity index (χ4v) is 3.07. The molecule has 1 unspecified atom stereocenters. The predicted molar refractivity (Wildman–Crippen MR) is 131 cm³/mol. The van der Waals surface area contributed by atoms with Gasteiger partial charge in [-0.05, 0) is 25.8 Å². The maximum absolute atomic E-state index is 12.0. The summed E-state index contributed by atoms with van der Waals surface area (Å²) in [6.07, 6.45) is 5.83. The van der Waals surface area contributed by atoms with Gasteiger partial charge in [-0.1, -0.05) is 5.92 Å². The van der Waals surface area contributed by atoms with Crippen molar-refractivity contribution in [2.24, 2.45) is 0 Å². The average Bonchev–Trinajstić information content (AvgIpc) is 2.86. The number of benzene rings is 1. The maximum Gasteiger partial charge on any atom is 0.279 e. The van der Waals surface area contributed by atoms with Crippen molar-refractivity contribution in [1.82, 2.24) is 0 Å². The van der Waals surface area contributed by atoms with Crippen LogP contribution in [-0.2, 0) is 23.7 Å². The van der Waals surface area contributed by atoms with Gasteiger partial charge in [0.15, 0.2) is 11.5 Å². The molecule has 0 amide bonds. The standard InChI is InChI=1S/C25H37NO10/c1-4-9-32-12-14-34-16-17-35-15-13-33-10-5-7-21(28)8-6-11-36-25-19-23(26(29)30)22(20(2)27)18-24(25)31-3/h1,18-20,27H,5-17H2,2-3H3. The molecule has 1 aromatic rings. The van der Waals surface area contributed by atoms with Gasteiger partial charge >= 0.3 is 0 Å². The minimum Gasteiger partial charge on any atom is -0.493 e. The third-order valence-corrected chi connectivity index (χ3v) is 4.86. The lowest BCUT2D eigenvalue weighted by Crippen LogP contribution is -2.12. The summed E-state index contributed by atoms with van der Waals surface area (Å²) in [4.78, 5) is 22.8. The first-order valence-corrected chi connectivity index (χ1v) is 11.8. The molecule has 0 saturated carbocycles. The van der Waals surface area contributed by atoms with E-state index in [1.165, 1.54) is 26.2 Å². The van der Waals surface area contributed by atoms with E-state index in [9.17, 15) is 20.0 Å². The molecule has 1 rings (SSSR count). The Labute approximate surface area is 212 Å². The first-order chi connectivity index (χ1) is 17.4. The van der Waals surface area contributed by atoms with E-state index in [0.717, 1.165) is 0 Å². The van der Waals surface area contributed by atoms with Crippen molar-refractivity contribution in [2.45, 2.75) is 38.7 Å². The largest absolute Gasteiger partial charge is 0.493 e. The second-order valence-corrected chi connectivity index (χ2v) is 7.68. The summed E-state index contributed by atoms with van der Waals surface area (Å²) in [5.41, 5.74) is -0.113. The first-order valence-electron chi connectivity index (χ1n) is 11.8. The Morgan fingerprint density at radius 2 is 1.53 bits per heavy atom. The van der Waals surface area contributed by atoms with Crippen molar-refractivity contribution >= 4 is 11.5 Å². The lowest BCUT2D eigenvalue weighted by atomic mass is 10.1. The van der Waals surface area contributed by atoms with E-state index in [-0.39, 0.29) is 41.7 Å². The van der Waals surface area contributed by atoms with Crippen LogP contribution in [-0.4, -0.2) is 82.4 Å². The second kappa shape index (κ2) is 19.4. The molecule has 0 fully saturated rings. The molecule has 1 aromatic carbocycles. The third-order valence-electron chi connectivity index (χ3n) is 4.86. The van der Waals surface area contributed by atoms with Crippen LogP contribution in [0.25, 0.3) is 0 Å². The number of ether oxygens (including phenoxy) is 6. The Kier molecular flexibility index (Phi) is 16.9. The number of rotatable bonds is 22. The van der Waals surface area contributed by atoms with Gasteiger partial charge in [0.2, 0.25) is 0 Å². The van der Waals surface area contributed by atoms with Crippen LogP contribution >= 0.6 is 0 Å². The molecule has 0 bridgehead atoms. The molecule has 11 heteroatoms. The maximum atomic E-state index is 12.0. The highest BCUT2D eigenvalue weighted by Gasteiger charge is 2.22. The van der Waals surface area contributed by atoms with Gasteiger partial charge in [-0.3, -0.25) is 14.9 Å². The van der Waals surface area contributed by atoms with Crippen LogP contribution in [0.5, 0.6) is 11.5 Å². The molecule has 36 heavy (non-hydrogen) atoms. The number of carbonyl (C=O) groups is 1. The zero-order valence-corrected chi connectivity index (χ0v) is 21.1. The number of ketones is 1. The van der Waals surface area contributed by atoms with Crippen molar-refractivity contribution in [3.63, 3.8) is 0 Å². The number of hydrogen-bond donors (Lipinski definition) is 1. The summed E-state index contributed by atoms with van der Waals surface area (Å²) < 4.78 is 32.0. The molecular formula is C25H37NO10. The van der Waals surface area contributed by atoms with E-state index in [1.54, 1.807) is 0 Å². The number of nitro groups is 1. The van der Waals surface area contributed by atoms with E-state index in [2.05, 4.69) is 5.92 Å². The van der Waals surface area contributed by atoms with E-state index in [0.29, 0.717) is 71.9 Å². The SMILES string of the molecule is C#CCOCCOCCOCCOCCCC(=O)CCCOc1cc([N+](=O)[O-])c(C(C)O)cc1OC. The van der Waals surface area contributed by atoms with Crippen molar-refractivity contribution < 1.29 is 43.2 Å². The zero-order valence-electron chi connectivity index (χ0n) is 21.1. The Bertz CT molecular complexity index is 822. The number of hydrogen-bond acceptors (Lipinski definition) is 10. The molecule has 0 aromatic heterocycles. The van der Waals surface area contributed by atoms with Gasteiger partial charge in [-0.25, -0.2) is 0 Å². The normalized spacial score (nSPS) is 11.6. The Balaban J connectivity index is 2.11. The Hall–Kier alpha value is -2.75. The summed E-state index contributed by atoms with van der Waals surface area (Å²) in [7, 11) is 1.41. The van der Waals surface area contributed by atoms with Crippen LogP contribution < -0.4 is 9.47 Å². The highest BCUT2D eigenvalue weighted by Crippen LogP contribution is 2.37. The van der Waals surface area contributed by atoms with Crippen LogP contribution in [0, 0.1) is 22.5 Å². The number of nitro benzene ring substituents is 1. The van der Waals surface area contributed by atoms with Gasteiger partial charge in [0.05, 0.1) is 76.0 Å². The molecule has 0 saturated heterocycles. The van der Waals surface area contributed by atoms with Crippen molar-refractivity contribution in [1.29, 1.82) is 0 Å². The van der Waals surface area contributed by atoms with Gasteiger partial charge in [-0.2, -0.15) is 0 Å². The molecule has 0 radical (unpaired) electrons. The lowest BCUT2D eigenvalue weighted by molar-refractivity contribution is -0.386. The van der Waals surface area contributed by atoms with Crippen molar-refractivity contribution in [3.05, 3.63) is 27.8 Å². The molecule has 0 aliphatic carbocycles. The molecule has 202 valence electrons. The molecule has 0 spiro atoms. The number of methoxy groups -OCH3 is 1. The van der Waals surface area contributed by atoms with E-state index >= 15 is 0 Å². The molecule has 1 atom stereocenters. The number of nitrogens with zero attached hydrogens (tertiary/aromatic N) is 1. The van der Waals surface area contributed by atoms with Crippen LogP contribution in [0.4, 0.5) is 5.69 Å². The third kappa shape index (κ3) is 13.4. The van der Waals surface area contributed by atoms with Crippen LogP contribution in [0.3, 0.4) is 0 Å². The molecular weight excluding hydrogens is 474 g/mol. The summed E-state index contributed by atoms with van der Waals surface area (Å²) in [5, 5.41) is 21.1. The summed E-state index contributed by atoms with van der Waals surface area (Å²) >= 11 is 0. The van der Waals surface area contributed by atoms with Gasteiger partial charge in [0.1, 0.15) is 12.4 Å². The van der Waals surface area contributed by atoms with E-state index in [4.69, 9.17) is 34.8 Å². The molecule has 0 aliphatic rings. The summed E-state index contributed by atoms with van der Waals surface area (Å²) in [6.45, 7) is 5.12. The van der Waals surface area contributed by atoms with E-state index < -0.39 is 11.0 Å². The van der Waals surface area contributed by atoms with E-state index in [1.807, 2.05) is 0 Å². The minimum absolute atomic E-state index is 0.0872. The first kappa shape index (κ1) is 31.3. The lowest BCUT2D eigenvalue weighted by Gasteiger charge is -2.14. The van der Waals surface area contributed by atoms with Crippen molar-refractivity contribution in [2.75, 3.05) is 66.6 Å². The highest BCUT2D eigenvalue weighted by atomic mass is 16.6. The quantitative estimate of drug-likeness (QED) is 0.107. The topological polar surface area (TPSA) is 136 Å². The Morgan fingerprint density at radius 3 is 2.06 bits per heavy atom. The molecule has 11 nitrogen and oxygen atoms in total. The van der Waals surface area contributed by atoms with Gasteiger partial charge in [0, 0.05) is 19.4 Å². The number of carbonyl (C=O) groups excluding carboxylic acids is 1. The van der Waals surface area contributed by atoms with Crippen LogP contribution in [0.1, 0.15) is 44.3 Å². The number of aliphatic hydroxyl groups is 1. The summed E-state index contributed by atoms with van der Waals surface area (Å²) in [5.74, 6) is 2.93. The zero-order chi connectivity index (χ0) is 26.6. The smallest absolute Gasteiger partial charge is 0.279 e. The molecule has 0 aliphatic heterocycles. The number of aliphatic hydroxyl groups excluding tert-OH is 1. The minimum atomic E-state index is -1.03.